The summed E-state index contributed by atoms with van der Waals surface area (Å²) in [4.78, 5) is 27.6. The lowest BCUT2D eigenvalue weighted by molar-refractivity contribution is 0.0927. The topological polar surface area (TPSA) is 37.4 Å². The van der Waals surface area contributed by atoms with Crippen molar-refractivity contribution in [2.75, 3.05) is 4.90 Å². The first-order valence-corrected chi connectivity index (χ1v) is 8.14. The standard InChI is InChI=1S/C22H13NO2/c24-21-19-17-12-6-4-10-15(17)16-11-5-7-13-18(16)20(19)22(25)23(21)14-8-2-1-3-9-14/h1-13H. The molecular formula is C22H13NO2. The summed E-state index contributed by atoms with van der Waals surface area (Å²) in [5, 5.41) is 3.64. The van der Waals surface area contributed by atoms with Crippen LogP contribution in [0.25, 0.3) is 21.5 Å². The van der Waals surface area contributed by atoms with Gasteiger partial charge < -0.3 is 0 Å². The van der Waals surface area contributed by atoms with Crippen LogP contribution in [0.4, 0.5) is 5.69 Å². The summed E-state index contributed by atoms with van der Waals surface area (Å²) >= 11 is 0. The Kier molecular flexibility index (Phi) is 2.80. The average Bonchev–Trinajstić information content (AvgIpc) is 2.94. The maximum absolute atomic E-state index is 13.2. The van der Waals surface area contributed by atoms with Gasteiger partial charge in [-0.25, -0.2) is 4.90 Å². The van der Waals surface area contributed by atoms with Gasteiger partial charge in [-0.1, -0.05) is 66.7 Å². The predicted molar refractivity (Wildman–Crippen MR) is 99.0 cm³/mol. The molecule has 0 atom stereocenters. The molecule has 0 unspecified atom stereocenters. The van der Waals surface area contributed by atoms with E-state index in [0.717, 1.165) is 21.5 Å². The van der Waals surface area contributed by atoms with Crippen molar-refractivity contribution in [3.8, 4) is 0 Å². The molecule has 0 aromatic heterocycles. The maximum Gasteiger partial charge on any atom is 0.266 e. The highest BCUT2D eigenvalue weighted by Gasteiger charge is 2.39. The van der Waals surface area contributed by atoms with Gasteiger partial charge in [-0.05, 0) is 33.7 Å². The third-order valence-electron chi connectivity index (χ3n) is 4.78. The molecule has 0 saturated heterocycles. The molecule has 1 aliphatic rings. The second kappa shape index (κ2) is 5.02. The maximum atomic E-state index is 13.2. The lowest BCUT2D eigenvalue weighted by atomic mass is 9.93. The van der Waals surface area contributed by atoms with Crippen LogP contribution >= 0.6 is 0 Å². The fraction of sp³-hybridized carbons (Fsp3) is 0. The Morgan fingerprint density at radius 2 is 0.880 bits per heavy atom. The number of anilines is 1. The summed E-state index contributed by atoms with van der Waals surface area (Å²) in [6.45, 7) is 0. The smallest absolute Gasteiger partial charge is 0.266 e. The van der Waals surface area contributed by atoms with Crippen LogP contribution in [0.15, 0.2) is 78.9 Å². The van der Waals surface area contributed by atoms with E-state index in [4.69, 9.17) is 0 Å². The van der Waals surface area contributed by atoms with Gasteiger partial charge >= 0.3 is 0 Å². The molecule has 4 aromatic carbocycles. The van der Waals surface area contributed by atoms with Crippen LogP contribution in [0.3, 0.4) is 0 Å². The molecule has 0 bridgehead atoms. The molecule has 2 amide bonds. The summed E-state index contributed by atoms with van der Waals surface area (Å²) in [5.74, 6) is -0.513. The number of amides is 2. The summed E-state index contributed by atoms with van der Waals surface area (Å²) in [6.07, 6.45) is 0. The van der Waals surface area contributed by atoms with E-state index in [0.29, 0.717) is 16.8 Å². The minimum Gasteiger partial charge on any atom is -0.268 e. The highest BCUT2D eigenvalue weighted by Crippen LogP contribution is 2.39. The van der Waals surface area contributed by atoms with Gasteiger partial charge in [-0.15, -0.1) is 0 Å². The highest BCUT2D eigenvalue weighted by molar-refractivity contribution is 6.42. The van der Waals surface area contributed by atoms with Crippen LogP contribution in [-0.4, -0.2) is 11.8 Å². The van der Waals surface area contributed by atoms with Crippen LogP contribution < -0.4 is 4.90 Å². The molecule has 5 rings (SSSR count). The normalized spacial score (nSPS) is 13.7. The van der Waals surface area contributed by atoms with Crippen molar-refractivity contribution in [3.05, 3.63) is 90.0 Å². The van der Waals surface area contributed by atoms with E-state index in [-0.39, 0.29) is 11.8 Å². The predicted octanol–water partition coefficient (Wildman–Crippen LogP) is 4.79. The zero-order valence-corrected chi connectivity index (χ0v) is 13.3. The molecule has 0 aliphatic carbocycles. The SMILES string of the molecule is O=C1c2c(c3ccccc3c3ccccc23)C(=O)N1c1ccccc1. The zero-order valence-electron chi connectivity index (χ0n) is 13.3. The number of nitrogens with zero attached hydrogens (tertiary/aromatic N) is 1. The number of hydrogen-bond donors (Lipinski definition) is 0. The van der Waals surface area contributed by atoms with Crippen molar-refractivity contribution < 1.29 is 9.59 Å². The number of para-hydroxylation sites is 1. The van der Waals surface area contributed by atoms with Gasteiger partial charge in [-0.2, -0.15) is 0 Å². The number of benzene rings is 4. The fourth-order valence-corrected chi connectivity index (χ4v) is 3.71. The summed E-state index contributed by atoms with van der Waals surface area (Å²) in [5.41, 5.74) is 1.60. The minimum atomic E-state index is -0.256. The van der Waals surface area contributed by atoms with Crippen LogP contribution in [0.2, 0.25) is 0 Å². The number of fused-ring (bicyclic) bond motifs is 6. The fourth-order valence-electron chi connectivity index (χ4n) is 3.71. The Morgan fingerprint density at radius 1 is 0.480 bits per heavy atom. The Balaban J connectivity index is 1.92. The van der Waals surface area contributed by atoms with Crippen LogP contribution in [0, 0.1) is 0 Å². The van der Waals surface area contributed by atoms with E-state index in [1.165, 1.54) is 4.90 Å². The lowest BCUT2D eigenvalue weighted by Gasteiger charge is -2.13. The van der Waals surface area contributed by atoms with Gasteiger partial charge in [0.25, 0.3) is 11.8 Å². The van der Waals surface area contributed by atoms with Crippen molar-refractivity contribution >= 4 is 39.0 Å². The molecule has 0 spiro atoms. The molecular weight excluding hydrogens is 310 g/mol. The quantitative estimate of drug-likeness (QED) is 0.373. The van der Waals surface area contributed by atoms with E-state index >= 15 is 0 Å². The van der Waals surface area contributed by atoms with E-state index < -0.39 is 0 Å². The molecule has 0 fully saturated rings. The Bertz CT molecular complexity index is 1100. The van der Waals surface area contributed by atoms with E-state index in [1.54, 1.807) is 12.1 Å². The monoisotopic (exact) mass is 323 g/mol. The van der Waals surface area contributed by atoms with Gasteiger partial charge in [0.15, 0.2) is 0 Å². The van der Waals surface area contributed by atoms with E-state index in [1.807, 2.05) is 66.7 Å². The molecule has 1 heterocycles. The lowest BCUT2D eigenvalue weighted by Crippen LogP contribution is -2.29. The molecule has 0 radical (unpaired) electrons. The summed E-state index contributed by atoms with van der Waals surface area (Å²) in [6, 6.07) is 24.6. The summed E-state index contributed by atoms with van der Waals surface area (Å²) < 4.78 is 0. The average molecular weight is 323 g/mol. The van der Waals surface area contributed by atoms with E-state index in [9.17, 15) is 9.59 Å². The molecule has 118 valence electrons. The Morgan fingerprint density at radius 3 is 1.36 bits per heavy atom. The Hall–Kier alpha value is -3.46. The molecule has 25 heavy (non-hydrogen) atoms. The second-order valence-electron chi connectivity index (χ2n) is 6.12. The molecule has 0 N–H and O–H groups in total. The van der Waals surface area contributed by atoms with Gasteiger partial charge in [0.05, 0.1) is 16.8 Å². The van der Waals surface area contributed by atoms with Crippen molar-refractivity contribution in [2.24, 2.45) is 0 Å². The zero-order chi connectivity index (χ0) is 17.0. The van der Waals surface area contributed by atoms with Gasteiger partial charge in [0.1, 0.15) is 0 Å². The molecule has 1 aliphatic heterocycles. The van der Waals surface area contributed by atoms with Crippen molar-refractivity contribution in [3.63, 3.8) is 0 Å². The van der Waals surface area contributed by atoms with Gasteiger partial charge in [-0.3, -0.25) is 9.59 Å². The molecule has 4 aromatic rings. The second-order valence-corrected chi connectivity index (χ2v) is 6.12. The number of hydrogen-bond acceptors (Lipinski definition) is 2. The van der Waals surface area contributed by atoms with E-state index in [2.05, 4.69) is 0 Å². The first-order chi connectivity index (χ1) is 12.3. The van der Waals surface area contributed by atoms with Gasteiger partial charge in [0.2, 0.25) is 0 Å². The molecule has 3 nitrogen and oxygen atoms in total. The van der Waals surface area contributed by atoms with Crippen LogP contribution in [-0.2, 0) is 0 Å². The van der Waals surface area contributed by atoms with Gasteiger partial charge in [0, 0.05) is 0 Å². The molecule has 3 heteroatoms. The highest BCUT2D eigenvalue weighted by atomic mass is 16.2. The number of carbonyl (C=O) groups excluding carboxylic acids is 2. The number of rotatable bonds is 1. The first-order valence-electron chi connectivity index (χ1n) is 8.14. The third-order valence-corrected chi connectivity index (χ3v) is 4.78. The Labute approximate surface area is 144 Å². The van der Waals surface area contributed by atoms with Crippen LogP contribution in [0.5, 0.6) is 0 Å². The summed E-state index contributed by atoms with van der Waals surface area (Å²) in [7, 11) is 0. The van der Waals surface area contributed by atoms with Crippen molar-refractivity contribution in [2.45, 2.75) is 0 Å². The minimum absolute atomic E-state index is 0.256. The number of imide groups is 1. The van der Waals surface area contributed by atoms with Crippen molar-refractivity contribution in [1.82, 2.24) is 0 Å². The van der Waals surface area contributed by atoms with Crippen molar-refractivity contribution in [1.29, 1.82) is 0 Å². The largest absolute Gasteiger partial charge is 0.268 e. The number of carbonyl (C=O) groups is 2. The third kappa shape index (κ3) is 1.81. The first kappa shape index (κ1) is 13.9. The van der Waals surface area contributed by atoms with Crippen LogP contribution in [0.1, 0.15) is 20.7 Å². The molecule has 0 saturated carbocycles.